The summed E-state index contributed by atoms with van der Waals surface area (Å²) in [6, 6.07) is 9.15. The van der Waals surface area contributed by atoms with E-state index in [-0.39, 0.29) is 17.1 Å². The van der Waals surface area contributed by atoms with Crippen LogP contribution < -0.4 is 16.2 Å². The van der Waals surface area contributed by atoms with Crippen molar-refractivity contribution >= 4 is 23.3 Å². The molecular formula is C17H17FN4O3. The van der Waals surface area contributed by atoms with Gasteiger partial charge in [-0.2, -0.15) is 0 Å². The third-order valence-electron chi connectivity index (χ3n) is 3.70. The smallest absolute Gasteiger partial charge is 0.273 e. The van der Waals surface area contributed by atoms with Crippen molar-refractivity contribution in [1.82, 2.24) is 15.8 Å². The molecule has 1 aromatic carbocycles. The number of anilines is 2. The molecule has 0 unspecified atom stereocenters. The van der Waals surface area contributed by atoms with E-state index in [1.807, 2.05) is 0 Å². The van der Waals surface area contributed by atoms with Gasteiger partial charge in [0.05, 0.1) is 11.3 Å². The molecule has 0 radical (unpaired) electrons. The minimum Gasteiger partial charge on any atom is -0.368 e. The monoisotopic (exact) mass is 344 g/mol. The fraction of sp³-hybridized carbons (Fsp3) is 0.235. The lowest BCUT2D eigenvalue weighted by Gasteiger charge is -2.13. The summed E-state index contributed by atoms with van der Waals surface area (Å²) in [5, 5.41) is 2.78. The second kappa shape index (κ2) is 7.71. The second-order valence-electron chi connectivity index (χ2n) is 5.45. The van der Waals surface area contributed by atoms with Crippen LogP contribution in [0.3, 0.4) is 0 Å². The van der Waals surface area contributed by atoms with Crippen LogP contribution >= 0.6 is 0 Å². The van der Waals surface area contributed by atoms with Gasteiger partial charge in [-0.05, 0) is 37.1 Å². The van der Waals surface area contributed by atoms with E-state index >= 15 is 0 Å². The molecule has 0 spiro atoms. The summed E-state index contributed by atoms with van der Waals surface area (Å²) in [7, 11) is 0. The number of amides is 2. The van der Waals surface area contributed by atoms with E-state index < -0.39 is 23.7 Å². The molecule has 2 amide bonds. The topological polar surface area (TPSA) is 92.4 Å². The molecule has 3 N–H and O–H groups in total. The first kappa shape index (κ1) is 16.8. The normalized spacial score (nSPS) is 16.3. The number of nitrogens with zero attached hydrogens (tertiary/aromatic N) is 1. The first-order valence-electron chi connectivity index (χ1n) is 7.83. The summed E-state index contributed by atoms with van der Waals surface area (Å²) in [5.41, 5.74) is 5.01. The number of hydrogen-bond acceptors (Lipinski definition) is 5. The van der Waals surface area contributed by atoms with E-state index in [9.17, 15) is 14.0 Å². The minimum absolute atomic E-state index is 0.165. The van der Waals surface area contributed by atoms with Crippen LogP contribution in [0.4, 0.5) is 15.9 Å². The van der Waals surface area contributed by atoms with E-state index in [4.69, 9.17) is 4.74 Å². The number of para-hydroxylation sites is 1. The summed E-state index contributed by atoms with van der Waals surface area (Å²) >= 11 is 0. The van der Waals surface area contributed by atoms with Crippen molar-refractivity contribution in [2.45, 2.75) is 18.9 Å². The number of carbonyl (C=O) groups excluding carboxylic acids is 2. The van der Waals surface area contributed by atoms with Crippen molar-refractivity contribution in [2.24, 2.45) is 0 Å². The number of nitrogens with one attached hydrogen (secondary N) is 3. The molecule has 2 heterocycles. The molecule has 0 aliphatic carbocycles. The molecule has 1 aliphatic rings. The maximum absolute atomic E-state index is 13.8. The zero-order valence-electron chi connectivity index (χ0n) is 13.3. The summed E-state index contributed by atoms with van der Waals surface area (Å²) < 4.78 is 19.0. The molecule has 1 fully saturated rings. The first-order chi connectivity index (χ1) is 12.1. The lowest BCUT2D eigenvalue weighted by Crippen LogP contribution is -2.46. The molecule has 0 saturated carbocycles. The molecule has 2 aromatic rings. The van der Waals surface area contributed by atoms with Crippen LogP contribution in [0.5, 0.6) is 0 Å². The molecular weight excluding hydrogens is 327 g/mol. The Morgan fingerprint density at radius 2 is 2.00 bits per heavy atom. The Balaban J connectivity index is 1.68. The molecule has 1 saturated heterocycles. The van der Waals surface area contributed by atoms with E-state index in [1.54, 1.807) is 18.2 Å². The van der Waals surface area contributed by atoms with Crippen LogP contribution in [0.1, 0.15) is 23.2 Å². The number of pyridine rings is 1. The van der Waals surface area contributed by atoms with Gasteiger partial charge in [-0.15, -0.1) is 0 Å². The van der Waals surface area contributed by atoms with E-state index in [0.29, 0.717) is 13.0 Å². The molecule has 1 aromatic heterocycles. The Labute approximate surface area is 143 Å². The zero-order chi connectivity index (χ0) is 17.6. The van der Waals surface area contributed by atoms with Gasteiger partial charge in [-0.1, -0.05) is 12.1 Å². The van der Waals surface area contributed by atoms with Gasteiger partial charge in [0, 0.05) is 12.8 Å². The van der Waals surface area contributed by atoms with Gasteiger partial charge >= 0.3 is 0 Å². The Morgan fingerprint density at radius 3 is 2.76 bits per heavy atom. The number of benzene rings is 1. The third kappa shape index (κ3) is 4.10. The maximum Gasteiger partial charge on any atom is 0.273 e. The standard InChI is InChI=1S/C17H17FN4O3/c18-12-6-1-2-7-13(12)20-15-11(5-3-9-19-15)16(23)21-22-17(24)14-8-4-10-25-14/h1-3,5-7,9,14H,4,8,10H2,(H,19,20)(H,21,23)(H,22,24)/t14-/m0/s1. The number of halogens is 1. The molecule has 0 bridgehead atoms. The number of hydrogen-bond donors (Lipinski definition) is 3. The fourth-order valence-corrected chi connectivity index (χ4v) is 2.43. The molecule has 7 nitrogen and oxygen atoms in total. The zero-order valence-corrected chi connectivity index (χ0v) is 13.3. The number of rotatable bonds is 4. The van der Waals surface area contributed by atoms with E-state index in [2.05, 4.69) is 21.2 Å². The van der Waals surface area contributed by atoms with Crippen LogP contribution in [0, 0.1) is 5.82 Å². The van der Waals surface area contributed by atoms with Crippen LogP contribution in [0.25, 0.3) is 0 Å². The van der Waals surface area contributed by atoms with Gasteiger partial charge in [-0.3, -0.25) is 20.4 Å². The number of hydrazine groups is 1. The van der Waals surface area contributed by atoms with Crippen molar-refractivity contribution in [3.8, 4) is 0 Å². The summed E-state index contributed by atoms with van der Waals surface area (Å²) in [4.78, 5) is 28.3. The average molecular weight is 344 g/mol. The average Bonchev–Trinajstić information content (AvgIpc) is 3.16. The van der Waals surface area contributed by atoms with Crippen molar-refractivity contribution in [2.75, 3.05) is 11.9 Å². The van der Waals surface area contributed by atoms with Crippen molar-refractivity contribution in [1.29, 1.82) is 0 Å². The maximum atomic E-state index is 13.8. The van der Waals surface area contributed by atoms with Crippen LogP contribution in [-0.2, 0) is 9.53 Å². The molecule has 1 atom stereocenters. The number of carbonyl (C=O) groups is 2. The summed E-state index contributed by atoms with van der Waals surface area (Å²) in [6.07, 6.45) is 2.36. The Hall–Kier alpha value is -3.00. The van der Waals surface area contributed by atoms with Crippen molar-refractivity contribution in [3.63, 3.8) is 0 Å². The van der Waals surface area contributed by atoms with Crippen LogP contribution in [0.15, 0.2) is 42.6 Å². The molecule has 8 heteroatoms. The second-order valence-corrected chi connectivity index (χ2v) is 5.45. The largest absolute Gasteiger partial charge is 0.368 e. The van der Waals surface area contributed by atoms with Gasteiger partial charge in [0.15, 0.2) is 0 Å². The Bertz CT molecular complexity index is 778. The van der Waals surface area contributed by atoms with Gasteiger partial charge in [0.25, 0.3) is 11.8 Å². The van der Waals surface area contributed by atoms with Gasteiger partial charge in [-0.25, -0.2) is 9.37 Å². The highest BCUT2D eigenvalue weighted by molar-refractivity contribution is 6.00. The Kier molecular flexibility index (Phi) is 5.20. The highest BCUT2D eigenvalue weighted by Crippen LogP contribution is 2.20. The number of aromatic nitrogens is 1. The number of ether oxygens (including phenoxy) is 1. The van der Waals surface area contributed by atoms with Gasteiger partial charge in [0.2, 0.25) is 0 Å². The third-order valence-corrected chi connectivity index (χ3v) is 3.70. The highest BCUT2D eigenvalue weighted by atomic mass is 19.1. The lowest BCUT2D eigenvalue weighted by atomic mass is 10.2. The molecule has 1 aliphatic heterocycles. The SMILES string of the molecule is O=C(NNC(=O)[C@@H]1CCCO1)c1cccnc1Nc1ccccc1F. The fourth-order valence-electron chi connectivity index (χ4n) is 2.43. The van der Waals surface area contributed by atoms with E-state index in [0.717, 1.165) is 6.42 Å². The lowest BCUT2D eigenvalue weighted by molar-refractivity contribution is -0.130. The molecule has 130 valence electrons. The van der Waals surface area contributed by atoms with Crippen LogP contribution in [0.2, 0.25) is 0 Å². The summed E-state index contributed by atoms with van der Waals surface area (Å²) in [6.45, 7) is 0.533. The van der Waals surface area contributed by atoms with Gasteiger partial charge < -0.3 is 10.1 Å². The van der Waals surface area contributed by atoms with Crippen molar-refractivity contribution < 1.29 is 18.7 Å². The molecule has 25 heavy (non-hydrogen) atoms. The van der Waals surface area contributed by atoms with Gasteiger partial charge in [0.1, 0.15) is 17.7 Å². The predicted octanol–water partition coefficient (Wildman–Crippen LogP) is 1.90. The Morgan fingerprint density at radius 1 is 1.16 bits per heavy atom. The first-order valence-corrected chi connectivity index (χ1v) is 7.83. The summed E-state index contributed by atoms with van der Waals surface area (Å²) in [5.74, 6) is -1.26. The van der Waals surface area contributed by atoms with Crippen LogP contribution in [-0.4, -0.2) is 29.5 Å². The molecule has 3 rings (SSSR count). The highest BCUT2D eigenvalue weighted by Gasteiger charge is 2.24. The van der Waals surface area contributed by atoms with Crippen molar-refractivity contribution in [3.05, 3.63) is 54.0 Å². The minimum atomic E-state index is -0.571. The predicted molar refractivity (Wildman–Crippen MR) is 88.5 cm³/mol. The quantitative estimate of drug-likeness (QED) is 0.737. The van der Waals surface area contributed by atoms with E-state index in [1.165, 1.54) is 24.4 Å².